The van der Waals surface area contributed by atoms with Crippen LogP contribution in [0.25, 0.3) is 0 Å². The van der Waals surface area contributed by atoms with Gasteiger partial charge in [0, 0.05) is 25.7 Å². The molecule has 0 saturated heterocycles. The third-order valence-corrected chi connectivity index (χ3v) is 3.12. The molecule has 100 valence electrons. The SMILES string of the molecule is CN(C)c1cnn(Cc2ccc(Cl)nc2Cl)c(=O)c1. The third-order valence-electron chi connectivity index (χ3n) is 2.58. The number of nitrogens with zero attached hydrogens (tertiary/aromatic N) is 4. The molecule has 0 aliphatic heterocycles. The minimum absolute atomic E-state index is 0.197. The van der Waals surface area contributed by atoms with Gasteiger partial charge in [-0.1, -0.05) is 29.3 Å². The number of hydrogen-bond donors (Lipinski definition) is 0. The second kappa shape index (κ2) is 5.59. The van der Waals surface area contributed by atoms with Crippen molar-refractivity contribution in [2.24, 2.45) is 0 Å². The van der Waals surface area contributed by atoms with Crippen LogP contribution in [0.2, 0.25) is 10.3 Å². The van der Waals surface area contributed by atoms with Gasteiger partial charge in [0.05, 0.1) is 18.4 Å². The van der Waals surface area contributed by atoms with E-state index in [2.05, 4.69) is 10.1 Å². The molecular formula is C12H12Cl2N4O. The Morgan fingerprint density at radius 2 is 2.05 bits per heavy atom. The molecule has 2 heterocycles. The summed E-state index contributed by atoms with van der Waals surface area (Å²) in [6.07, 6.45) is 1.62. The zero-order valence-corrected chi connectivity index (χ0v) is 12.0. The summed E-state index contributed by atoms with van der Waals surface area (Å²) in [4.78, 5) is 17.7. The van der Waals surface area contributed by atoms with E-state index in [-0.39, 0.29) is 17.3 Å². The fourth-order valence-corrected chi connectivity index (χ4v) is 1.91. The van der Waals surface area contributed by atoms with Crippen LogP contribution in [-0.4, -0.2) is 28.9 Å². The lowest BCUT2D eigenvalue weighted by atomic mass is 10.3. The first-order valence-corrected chi connectivity index (χ1v) is 6.28. The van der Waals surface area contributed by atoms with Gasteiger partial charge in [-0.3, -0.25) is 4.79 Å². The normalized spacial score (nSPS) is 10.5. The van der Waals surface area contributed by atoms with Crippen molar-refractivity contribution < 1.29 is 0 Å². The molecule has 0 aromatic carbocycles. The maximum atomic E-state index is 11.9. The van der Waals surface area contributed by atoms with Crippen LogP contribution < -0.4 is 10.5 Å². The Kier molecular flexibility index (Phi) is 4.07. The summed E-state index contributed by atoms with van der Waals surface area (Å²) in [5, 5.41) is 4.69. The molecule has 0 fully saturated rings. The first kappa shape index (κ1) is 13.8. The smallest absolute Gasteiger partial charge is 0.269 e. The minimum atomic E-state index is -0.197. The van der Waals surface area contributed by atoms with E-state index >= 15 is 0 Å². The maximum Gasteiger partial charge on any atom is 0.269 e. The topological polar surface area (TPSA) is 51.0 Å². The van der Waals surface area contributed by atoms with Gasteiger partial charge < -0.3 is 4.90 Å². The number of halogens is 2. The molecule has 0 N–H and O–H groups in total. The molecule has 0 radical (unpaired) electrons. The van der Waals surface area contributed by atoms with Crippen molar-refractivity contribution in [3.8, 4) is 0 Å². The van der Waals surface area contributed by atoms with Gasteiger partial charge in [-0.15, -0.1) is 0 Å². The quantitative estimate of drug-likeness (QED) is 0.814. The van der Waals surface area contributed by atoms with E-state index in [0.717, 1.165) is 5.69 Å². The number of pyridine rings is 1. The summed E-state index contributed by atoms with van der Waals surface area (Å²) < 4.78 is 1.32. The molecule has 2 aromatic heterocycles. The Balaban J connectivity index is 2.31. The molecule has 5 nitrogen and oxygen atoms in total. The van der Waals surface area contributed by atoms with E-state index in [1.165, 1.54) is 10.7 Å². The van der Waals surface area contributed by atoms with E-state index in [1.807, 2.05) is 19.0 Å². The molecule has 2 rings (SSSR count). The molecule has 0 aliphatic carbocycles. The van der Waals surface area contributed by atoms with Crippen molar-refractivity contribution in [3.05, 3.63) is 50.6 Å². The van der Waals surface area contributed by atoms with Crippen LogP contribution >= 0.6 is 23.2 Å². The van der Waals surface area contributed by atoms with Crippen molar-refractivity contribution in [2.75, 3.05) is 19.0 Å². The molecule has 19 heavy (non-hydrogen) atoms. The summed E-state index contributed by atoms with van der Waals surface area (Å²) in [7, 11) is 3.70. The summed E-state index contributed by atoms with van der Waals surface area (Å²) in [6, 6.07) is 4.87. The molecule has 2 aromatic rings. The van der Waals surface area contributed by atoms with Crippen LogP contribution in [0.1, 0.15) is 5.56 Å². The predicted octanol–water partition coefficient (Wildman–Crippen LogP) is 2.06. The van der Waals surface area contributed by atoms with Crippen molar-refractivity contribution in [1.29, 1.82) is 0 Å². The lowest BCUT2D eigenvalue weighted by Crippen LogP contribution is -2.24. The molecule has 0 unspecified atom stereocenters. The lowest BCUT2D eigenvalue weighted by molar-refractivity contribution is 0.637. The standard InChI is InChI=1S/C12H12Cl2N4O/c1-17(2)9-5-11(19)18(15-6-9)7-8-3-4-10(13)16-12(8)14/h3-6H,7H2,1-2H3. The van der Waals surface area contributed by atoms with Crippen molar-refractivity contribution >= 4 is 28.9 Å². The van der Waals surface area contributed by atoms with E-state index in [4.69, 9.17) is 23.2 Å². The Morgan fingerprint density at radius 3 is 2.63 bits per heavy atom. The Hall–Kier alpha value is -1.59. The highest BCUT2D eigenvalue weighted by molar-refractivity contribution is 6.32. The monoisotopic (exact) mass is 298 g/mol. The first-order chi connectivity index (χ1) is 8.97. The summed E-state index contributed by atoms with van der Waals surface area (Å²) in [5.74, 6) is 0. The molecule has 7 heteroatoms. The number of hydrogen-bond acceptors (Lipinski definition) is 4. The molecular weight excluding hydrogens is 287 g/mol. The fourth-order valence-electron chi connectivity index (χ4n) is 1.51. The highest BCUT2D eigenvalue weighted by atomic mass is 35.5. The average Bonchev–Trinajstić information content (AvgIpc) is 2.34. The van der Waals surface area contributed by atoms with Gasteiger partial charge in [-0.2, -0.15) is 5.10 Å². The predicted molar refractivity (Wildman–Crippen MR) is 76.2 cm³/mol. The van der Waals surface area contributed by atoms with Gasteiger partial charge in [0.1, 0.15) is 10.3 Å². The van der Waals surface area contributed by atoms with Gasteiger partial charge in [0.2, 0.25) is 0 Å². The van der Waals surface area contributed by atoms with E-state index < -0.39 is 0 Å². The van der Waals surface area contributed by atoms with Gasteiger partial charge in [0.15, 0.2) is 0 Å². The summed E-state index contributed by atoms with van der Waals surface area (Å²) in [5.41, 5.74) is 1.25. The third kappa shape index (κ3) is 3.24. The maximum absolute atomic E-state index is 11.9. The molecule has 0 atom stereocenters. The van der Waals surface area contributed by atoms with Gasteiger partial charge in [0.25, 0.3) is 5.56 Å². The van der Waals surface area contributed by atoms with E-state index in [0.29, 0.717) is 10.7 Å². The van der Waals surface area contributed by atoms with Gasteiger partial charge in [-0.05, 0) is 6.07 Å². The molecule has 0 aliphatic rings. The summed E-state index contributed by atoms with van der Waals surface area (Å²) >= 11 is 11.7. The van der Waals surface area contributed by atoms with Gasteiger partial charge >= 0.3 is 0 Å². The van der Waals surface area contributed by atoms with E-state index in [9.17, 15) is 4.79 Å². The van der Waals surface area contributed by atoms with Crippen LogP contribution in [0.3, 0.4) is 0 Å². The van der Waals surface area contributed by atoms with Gasteiger partial charge in [-0.25, -0.2) is 9.67 Å². The highest BCUT2D eigenvalue weighted by Crippen LogP contribution is 2.17. The Morgan fingerprint density at radius 1 is 1.32 bits per heavy atom. The minimum Gasteiger partial charge on any atom is -0.376 e. The van der Waals surface area contributed by atoms with Crippen LogP contribution in [0.15, 0.2) is 29.2 Å². The first-order valence-electron chi connectivity index (χ1n) is 5.53. The Labute approximate surface area is 120 Å². The number of rotatable bonds is 3. The average molecular weight is 299 g/mol. The largest absolute Gasteiger partial charge is 0.376 e. The van der Waals surface area contributed by atoms with Crippen LogP contribution in [-0.2, 0) is 6.54 Å². The molecule has 0 spiro atoms. The highest BCUT2D eigenvalue weighted by Gasteiger charge is 2.07. The lowest BCUT2D eigenvalue weighted by Gasteiger charge is -2.12. The number of aromatic nitrogens is 3. The van der Waals surface area contributed by atoms with Crippen molar-refractivity contribution in [1.82, 2.24) is 14.8 Å². The van der Waals surface area contributed by atoms with Crippen molar-refractivity contribution in [2.45, 2.75) is 6.54 Å². The molecule has 0 amide bonds. The number of anilines is 1. The summed E-state index contributed by atoms with van der Waals surface area (Å²) in [6.45, 7) is 0.259. The van der Waals surface area contributed by atoms with Crippen LogP contribution in [0.5, 0.6) is 0 Å². The zero-order valence-electron chi connectivity index (χ0n) is 10.5. The molecule has 0 bridgehead atoms. The zero-order chi connectivity index (χ0) is 14.0. The second-order valence-corrected chi connectivity index (χ2v) is 4.93. The second-order valence-electron chi connectivity index (χ2n) is 4.19. The van der Waals surface area contributed by atoms with Crippen LogP contribution in [0, 0.1) is 0 Å². The van der Waals surface area contributed by atoms with Crippen LogP contribution in [0.4, 0.5) is 5.69 Å². The van der Waals surface area contributed by atoms with Crippen molar-refractivity contribution in [3.63, 3.8) is 0 Å². The fraction of sp³-hybridized carbons (Fsp3) is 0.250. The molecule has 0 saturated carbocycles. The Bertz CT molecular complexity index is 654. The van der Waals surface area contributed by atoms with E-state index in [1.54, 1.807) is 18.3 Å².